The third kappa shape index (κ3) is 4.07. The molecule has 0 radical (unpaired) electrons. The van der Waals surface area contributed by atoms with Crippen LogP contribution in [0.1, 0.15) is 22.0 Å². The van der Waals surface area contributed by atoms with Crippen molar-refractivity contribution in [3.8, 4) is 16.3 Å². The van der Waals surface area contributed by atoms with Gasteiger partial charge in [0.1, 0.15) is 28.1 Å². The van der Waals surface area contributed by atoms with Crippen LogP contribution < -0.4 is 9.64 Å². The van der Waals surface area contributed by atoms with Crippen LogP contribution in [0, 0.1) is 13.8 Å². The van der Waals surface area contributed by atoms with E-state index in [1.807, 2.05) is 54.5 Å². The maximum absolute atomic E-state index is 12.9. The zero-order valence-corrected chi connectivity index (χ0v) is 17.6. The number of para-hydroxylation sites is 1. The summed E-state index contributed by atoms with van der Waals surface area (Å²) >= 11 is 1.46. The van der Waals surface area contributed by atoms with Crippen LogP contribution in [0.4, 0.5) is 5.82 Å². The summed E-state index contributed by atoms with van der Waals surface area (Å²) < 4.78 is 5.41. The highest BCUT2D eigenvalue weighted by Crippen LogP contribution is 2.32. The molecule has 1 aliphatic rings. The summed E-state index contributed by atoms with van der Waals surface area (Å²) in [4.78, 5) is 30.4. The number of aryl methyl sites for hydroxylation is 2. The smallest absolute Gasteiger partial charge is 0.273 e. The fourth-order valence-electron chi connectivity index (χ4n) is 3.48. The molecule has 0 saturated carbocycles. The standard InChI is InChI=1S/C21H23N5O2S/c1-14-12-19(23-15(2)22-14)25-8-10-26(11-9-25)21(27)17-13-29-20(24-17)16-6-4-5-7-18(16)28-3/h4-7,12-13H,8-11H2,1-3H3. The van der Waals surface area contributed by atoms with Crippen molar-refractivity contribution in [3.63, 3.8) is 0 Å². The van der Waals surface area contributed by atoms with Crippen LogP contribution in [0.3, 0.4) is 0 Å². The molecular formula is C21H23N5O2S. The lowest BCUT2D eigenvalue weighted by Crippen LogP contribution is -2.49. The van der Waals surface area contributed by atoms with Gasteiger partial charge in [0.15, 0.2) is 0 Å². The van der Waals surface area contributed by atoms with Crippen molar-refractivity contribution < 1.29 is 9.53 Å². The lowest BCUT2D eigenvalue weighted by atomic mass is 10.2. The molecule has 7 nitrogen and oxygen atoms in total. The summed E-state index contributed by atoms with van der Waals surface area (Å²) in [5.74, 6) is 2.42. The Morgan fingerprint density at radius 1 is 1.07 bits per heavy atom. The molecule has 1 aliphatic heterocycles. The molecular weight excluding hydrogens is 386 g/mol. The number of hydrogen-bond donors (Lipinski definition) is 0. The molecule has 1 aromatic carbocycles. The van der Waals surface area contributed by atoms with E-state index in [2.05, 4.69) is 19.9 Å². The highest BCUT2D eigenvalue weighted by molar-refractivity contribution is 7.13. The first-order chi connectivity index (χ1) is 14.0. The van der Waals surface area contributed by atoms with Crippen LogP contribution in [0.15, 0.2) is 35.7 Å². The third-order valence-corrected chi connectivity index (χ3v) is 5.78. The van der Waals surface area contributed by atoms with Crippen LogP contribution in [0.25, 0.3) is 10.6 Å². The quantitative estimate of drug-likeness (QED) is 0.659. The third-order valence-electron chi connectivity index (χ3n) is 4.90. The Hall–Kier alpha value is -3.00. The summed E-state index contributed by atoms with van der Waals surface area (Å²) in [6.45, 7) is 6.64. The van der Waals surface area contributed by atoms with E-state index in [0.29, 0.717) is 18.8 Å². The Morgan fingerprint density at radius 2 is 1.83 bits per heavy atom. The summed E-state index contributed by atoms with van der Waals surface area (Å²) in [6, 6.07) is 9.70. The van der Waals surface area contributed by atoms with E-state index in [9.17, 15) is 4.79 Å². The van der Waals surface area contributed by atoms with E-state index >= 15 is 0 Å². The topological polar surface area (TPSA) is 71.5 Å². The fraction of sp³-hybridized carbons (Fsp3) is 0.333. The Bertz CT molecular complexity index is 1010. The number of thiazole rings is 1. The van der Waals surface area contributed by atoms with Gasteiger partial charge in [0.25, 0.3) is 5.91 Å². The largest absolute Gasteiger partial charge is 0.496 e. The Balaban J connectivity index is 1.44. The van der Waals surface area contributed by atoms with Gasteiger partial charge in [-0.2, -0.15) is 0 Å². The fourth-order valence-corrected chi connectivity index (χ4v) is 4.30. The molecule has 2 aromatic heterocycles. The predicted octanol–water partition coefficient (Wildman–Crippen LogP) is 3.19. The molecule has 3 heterocycles. The molecule has 8 heteroatoms. The first-order valence-electron chi connectivity index (χ1n) is 9.50. The molecule has 0 unspecified atom stereocenters. The van der Waals surface area contributed by atoms with Crippen molar-refractivity contribution in [1.29, 1.82) is 0 Å². The van der Waals surface area contributed by atoms with Crippen LogP contribution in [-0.2, 0) is 0 Å². The van der Waals surface area contributed by atoms with Crippen molar-refractivity contribution in [2.24, 2.45) is 0 Å². The molecule has 29 heavy (non-hydrogen) atoms. The number of benzene rings is 1. The second-order valence-electron chi connectivity index (χ2n) is 6.93. The zero-order valence-electron chi connectivity index (χ0n) is 16.8. The minimum absolute atomic E-state index is 0.0305. The Morgan fingerprint density at radius 3 is 2.55 bits per heavy atom. The number of amides is 1. The minimum Gasteiger partial charge on any atom is -0.496 e. The van der Waals surface area contributed by atoms with Gasteiger partial charge in [-0.25, -0.2) is 15.0 Å². The Kier molecular flexibility index (Phi) is 5.44. The summed E-state index contributed by atoms with van der Waals surface area (Å²) in [7, 11) is 1.64. The lowest BCUT2D eigenvalue weighted by Gasteiger charge is -2.35. The number of methoxy groups -OCH3 is 1. The molecule has 1 saturated heterocycles. The molecule has 150 valence electrons. The molecule has 0 N–H and O–H groups in total. The van der Waals surface area contributed by atoms with Crippen LogP contribution >= 0.6 is 11.3 Å². The van der Waals surface area contributed by atoms with E-state index in [0.717, 1.165) is 46.7 Å². The first-order valence-corrected chi connectivity index (χ1v) is 10.4. The van der Waals surface area contributed by atoms with Crippen LogP contribution in [-0.4, -0.2) is 59.0 Å². The van der Waals surface area contributed by atoms with Crippen molar-refractivity contribution in [2.45, 2.75) is 13.8 Å². The number of rotatable bonds is 4. The number of piperazine rings is 1. The van der Waals surface area contributed by atoms with E-state index in [-0.39, 0.29) is 5.91 Å². The van der Waals surface area contributed by atoms with Crippen molar-refractivity contribution in [2.75, 3.05) is 38.2 Å². The van der Waals surface area contributed by atoms with Crippen molar-refractivity contribution >= 4 is 23.1 Å². The van der Waals surface area contributed by atoms with E-state index in [1.165, 1.54) is 11.3 Å². The maximum Gasteiger partial charge on any atom is 0.273 e. The second kappa shape index (κ2) is 8.16. The van der Waals surface area contributed by atoms with Gasteiger partial charge in [-0.3, -0.25) is 4.79 Å². The van der Waals surface area contributed by atoms with Gasteiger partial charge in [0.05, 0.1) is 12.7 Å². The number of carbonyl (C=O) groups is 1. The molecule has 1 fully saturated rings. The van der Waals surface area contributed by atoms with E-state index < -0.39 is 0 Å². The van der Waals surface area contributed by atoms with E-state index in [1.54, 1.807) is 7.11 Å². The second-order valence-corrected chi connectivity index (χ2v) is 7.79. The molecule has 0 bridgehead atoms. The van der Waals surface area contributed by atoms with Crippen molar-refractivity contribution in [3.05, 3.63) is 52.9 Å². The highest BCUT2D eigenvalue weighted by atomic mass is 32.1. The highest BCUT2D eigenvalue weighted by Gasteiger charge is 2.25. The number of hydrogen-bond acceptors (Lipinski definition) is 7. The number of aromatic nitrogens is 3. The van der Waals surface area contributed by atoms with E-state index in [4.69, 9.17) is 4.74 Å². The van der Waals surface area contributed by atoms with Gasteiger partial charge < -0.3 is 14.5 Å². The average Bonchev–Trinajstić information content (AvgIpc) is 3.22. The molecule has 0 atom stereocenters. The van der Waals surface area contributed by atoms with Gasteiger partial charge >= 0.3 is 0 Å². The van der Waals surface area contributed by atoms with Gasteiger partial charge in [0.2, 0.25) is 0 Å². The lowest BCUT2D eigenvalue weighted by molar-refractivity contribution is 0.0741. The Labute approximate surface area is 174 Å². The minimum atomic E-state index is -0.0305. The molecule has 0 spiro atoms. The predicted molar refractivity (Wildman–Crippen MR) is 114 cm³/mol. The van der Waals surface area contributed by atoms with Crippen LogP contribution in [0.2, 0.25) is 0 Å². The summed E-state index contributed by atoms with van der Waals surface area (Å²) in [5.41, 5.74) is 2.34. The monoisotopic (exact) mass is 409 g/mol. The number of nitrogens with zero attached hydrogens (tertiary/aromatic N) is 5. The summed E-state index contributed by atoms with van der Waals surface area (Å²) in [6.07, 6.45) is 0. The number of ether oxygens (including phenoxy) is 1. The molecule has 0 aliphatic carbocycles. The van der Waals surface area contributed by atoms with Gasteiger partial charge in [-0.15, -0.1) is 11.3 Å². The normalized spacial score (nSPS) is 14.2. The SMILES string of the molecule is COc1ccccc1-c1nc(C(=O)N2CCN(c3cc(C)nc(C)n3)CC2)cs1. The van der Waals surface area contributed by atoms with Crippen molar-refractivity contribution in [1.82, 2.24) is 19.9 Å². The summed E-state index contributed by atoms with van der Waals surface area (Å²) in [5, 5.41) is 2.62. The molecule has 1 amide bonds. The number of anilines is 1. The van der Waals surface area contributed by atoms with Gasteiger partial charge in [0, 0.05) is 43.3 Å². The van der Waals surface area contributed by atoms with Crippen LogP contribution in [0.5, 0.6) is 5.75 Å². The molecule has 4 rings (SSSR count). The zero-order chi connectivity index (χ0) is 20.4. The molecule has 3 aromatic rings. The average molecular weight is 410 g/mol. The van der Waals surface area contributed by atoms with Gasteiger partial charge in [-0.05, 0) is 26.0 Å². The number of carbonyl (C=O) groups excluding carboxylic acids is 1. The van der Waals surface area contributed by atoms with Gasteiger partial charge in [-0.1, -0.05) is 12.1 Å². The first kappa shape index (κ1) is 19.3. The maximum atomic E-state index is 12.9.